The summed E-state index contributed by atoms with van der Waals surface area (Å²) in [6.07, 6.45) is 0.859. The number of hydrogen-bond acceptors (Lipinski definition) is 3. The highest BCUT2D eigenvalue weighted by Crippen LogP contribution is 2.26. The molecule has 3 nitrogen and oxygen atoms in total. The summed E-state index contributed by atoms with van der Waals surface area (Å²) in [5.41, 5.74) is 1.09. The zero-order chi connectivity index (χ0) is 9.80. The Hall–Kier alpha value is -0.770. The molecule has 1 aromatic rings. The molecule has 2 rings (SSSR count). The zero-order valence-corrected chi connectivity index (χ0v) is 8.31. The zero-order valence-electron chi connectivity index (χ0n) is 8.31. The average Bonchev–Trinajstić information content (AvgIpc) is 2.71. The summed E-state index contributed by atoms with van der Waals surface area (Å²) in [7, 11) is 1.69. The first-order valence-electron chi connectivity index (χ1n) is 4.88. The van der Waals surface area contributed by atoms with Crippen LogP contribution in [0.4, 0.5) is 0 Å². The Kier molecular flexibility index (Phi) is 3.24. The molecule has 0 aliphatic carbocycles. The number of ether oxygens (including phenoxy) is 3. The fourth-order valence-corrected chi connectivity index (χ4v) is 1.62. The summed E-state index contributed by atoms with van der Waals surface area (Å²) in [4.78, 5) is 0. The first-order chi connectivity index (χ1) is 6.90. The molecule has 0 aromatic heterocycles. The second-order valence-electron chi connectivity index (χ2n) is 3.42. The Bertz CT molecular complexity index is 254. The van der Waals surface area contributed by atoms with E-state index in [4.69, 9.17) is 14.2 Å². The van der Waals surface area contributed by atoms with E-state index in [1.165, 1.54) is 0 Å². The lowest BCUT2D eigenvalue weighted by atomic mass is 10.2. The van der Waals surface area contributed by atoms with Crippen LogP contribution in [0, 0.1) is 0 Å². The molecular weight excluding hydrogens is 180 g/mol. The van der Waals surface area contributed by atoms with E-state index < -0.39 is 0 Å². The highest BCUT2D eigenvalue weighted by molar-refractivity contribution is 5.17. The van der Waals surface area contributed by atoms with E-state index in [-0.39, 0.29) is 12.4 Å². The second-order valence-corrected chi connectivity index (χ2v) is 3.42. The van der Waals surface area contributed by atoms with Crippen molar-refractivity contribution in [3.8, 4) is 0 Å². The van der Waals surface area contributed by atoms with E-state index in [1.54, 1.807) is 7.11 Å². The van der Waals surface area contributed by atoms with Gasteiger partial charge in [-0.05, 0) is 6.42 Å². The fourth-order valence-electron chi connectivity index (χ4n) is 1.62. The third-order valence-electron chi connectivity index (χ3n) is 2.34. The van der Waals surface area contributed by atoms with E-state index in [0.29, 0.717) is 6.61 Å². The highest BCUT2D eigenvalue weighted by Gasteiger charge is 2.21. The van der Waals surface area contributed by atoms with Crippen molar-refractivity contribution in [3.63, 3.8) is 0 Å². The van der Waals surface area contributed by atoms with Crippen molar-refractivity contribution in [2.45, 2.75) is 18.8 Å². The lowest BCUT2D eigenvalue weighted by Crippen LogP contribution is -2.30. The van der Waals surface area contributed by atoms with Crippen molar-refractivity contribution in [2.24, 2.45) is 0 Å². The lowest BCUT2D eigenvalue weighted by molar-refractivity contribution is -0.225. The minimum absolute atomic E-state index is 0.161. The quantitative estimate of drug-likeness (QED) is 0.689. The molecule has 0 saturated carbocycles. The molecule has 0 bridgehead atoms. The topological polar surface area (TPSA) is 27.7 Å². The van der Waals surface area contributed by atoms with Gasteiger partial charge < -0.3 is 14.2 Å². The van der Waals surface area contributed by atoms with Gasteiger partial charge in [0.25, 0.3) is 0 Å². The van der Waals surface area contributed by atoms with Crippen LogP contribution in [-0.2, 0) is 14.2 Å². The molecule has 1 saturated heterocycles. The maximum atomic E-state index is 5.72. The number of methoxy groups -OCH3 is 1. The molecular formula is C11H15O3-. The van der Waals surface area contributed by atoms with Crippen LogP contribution >= 0.6 is 0 Å². The van der Waals surface area contributed by atoms with Crippen molar-refractivity contribution < 1.29 is 14.2 Å². The minimum atomic E-state index is -0.209. The first-order valence-corrected chi connectivity index (χ1v) is 4.88. The summed E-state index contributed by atoms with van der Waals surface area (Å²) >= 11 is 0. The van der Waals surface area contributed by atoms with Crippen LogP contribution in [0.1, 0.15) is 18.3 Å². The Morgan fingerprint density at radius 2 is 2.57 bits per heavy atom. The van der Waals surface area contributed by atoms with Gasteiger partial charge in [-0.15, -0.1) is 5.56 Å². The minimum Gasteiger partial charge on any atom is -0.382 e. The van der Waals surface area contributed by atoms with Crippen molar-refractivity contribution in [3.05, 3.63) is 29.8 Å². The average molecular weight is 195 g/mol. The standard InChI is InChI=1S/C11H15O3/c1-12-8-10-6-7-13-11(14-10)9-4-2-3-5-9/h2-5,10-11H,6-8H2,1H3/q-1/t10-,11-/m0/s1. The monoisotopic (exact) mass is 195 g/mol. The van der Waals surface area contributed by atoms with Crippen LogP contribution in [0.15, 0.2) is 24.3 Å². The van der Waals surface area contributed by atoms with Gasteiger partial charge in [-0.2, -0.15) is 12.1 Å². The molecule has 1 aliphatic rings. The van der Waals surface area contributed by atoms with Crippen LogP contribution < -0.4 is 0 Å². The molecule has 1 aromatic carbocycles. The SMILES string of the molecule is COC[C@@H]1CCO[C@H](c2ccc[cH-]2)O1. The molecule has 0 amide bonds. The Morgan fingerprint density at radius 1 is 1.64 bits per heavy atom. The van der Waals surface area contributed by atoms with E-state index in [1.807, 2.05) is 24.3 Å². The predicted molar refractivity (Wildman–Crippen MR) is 52.1 cm³/mol. The van der Waals surface area contributed by atoms with Crippen molar-refractivity contribution in [2.75, 3.05) is 20.3 Å². The third-order valence-corrected chi connectivity index (χ3v) is 2.34. The summed E-state index contributed by atoms with van der Waals surface area (Å²) in [5, 5.41) is 0. The Labute approximate surface area is 83.9 Å². The van der Waals surface area contributed by atoms with Gasteiger partial charge in [-0.25, -0.2) is 12.1 Å². The van der Waals surface area contributed by atoms with Crippen LogP contribution in [0.2, 0.25) is 0 Å². The maximum Gasteiger partial charge on any atom is 0.161 e. The van der Waals surface area contributed by atoms with Gasteiger partial charge in [-0.1, -0.05) is 0 Å². The molecule has 2 atom stereocenters. The van der Waals surface area contributed by atoms with Crippen LogP contribution in [0.3, 0.4) is 0 Å². The van der Waals surface area contributed by atoms with Gasteiger partial charge in [0.15, 0.2) is 6.29 Å². The van der Waals surface area contributed by atoms with Crippen molar-refractivity contribution in [1.82, 2.24) is 0 Å². The van der Waals surface area contributed by atoms with Gasteiger partial charge in [0.1, 0.15) is 0 Å². The van der Waals surface area contributed by atoms with Crippen molar-refractivity contribution >= 4 is 0 Å². The fraction of sp³-hybridized carbons (Fsp3) is 0.545. The molecule has 78 valence electrons. The predicted octanol–water partition coefficient (Wildman–Crippen LogP) is 1.86. The van der Waals surface area contributed by atoms with Crippen LogP contribution in [-0.4, -0.2) is 26.4 Å². The molecule has 3 heteroatoms. The largest absolute Gasteiger partial charge is 0.382 e. The molecule has 0 spiro atoms. The van der Waals surface area contributed by atoms with Crippen LogP contribution in [0.5, 0.6) is 0 Å². The molecule has 1 heterocycles. The third kappa shape index (κ3) is 2.18. The normalized spacial score (nSPS) is 27.8. The maximum absolute atomic E-state index is 5.72. The highest BCUT2D eigenvalue weighted by atomic mass is 16.7. The van der Waals surface area contributed by atoms with Gasteiger partial charge in [0.2, 0.25) is 0 Å². The molecule has 0 unspecified atom stereocenters. The summed E-state index contributed by atoms with van der Waals surface area (Å²) in [6.45, 7) is 1.38. The molecule has 0 N–H and O–H groups in total. The lowest BCUT2D eigenvalue weighted by Gasteiger charge is -2.31. The summed E-state index contributed by atoms with van der Waals surface area (Å²) in [6, 6.07) is 8.00. The van der Waals surface area contributed by atoms with Gasteiger partial charge in [0, 0.05) is 7.11 Å². The van der Waals surface area contributed by atoms with E-state index >= 15 is 0 Å². The molecule has 0 radical (unpaired) electrons. The number of rotatable bonds is 3. The van der Waals surface area contributed by atoms with E-state index in [0.717, 1.165) is 18.6 Å². The van der Waals surface area contributed by atoms with E-state index in [2.05, 4.69) is 0 Å². The number of hydrogen-bond donors (Lipinski definition) is 0. The van der Waals surface area contributed by atoms with E-state index in [9.17, 15) is 0 Å². The van der Waals surface area contributed by atoms with Gasteiger partial charge in [-0.3, -0.25) is 0 Å². The smallest absolute Gasteiger partial charge is 0.161 e. The van der Waals surface area contributed by atoms with Crippen LogP contribution in [0.25, 0.3) is 0 Å². The Morgan fingerprint density at radius 3 is 3.29 bits per heavy atom. The summed E-state index contributed by atoms with van der Waals surface area (Å²) < 4.78 is 16.3. The van der Waals surface area contributed by atoms with Gasteiger partial charge in [0.05, 0.1) is 19.3 Å². The van der Waals surface area contributed by atoms with Gasteiger partial charge >= 0.3 is 0 Å². The first kappa shape index (κ1) is 9.77. The second kappa shape index (κ2) is 4.64. The molecule has 1 aliphatic heterocycles. The van der Waals surface area contributed by atoms with Crippen molar-refractivity contribution in [1.29, 1.82) is 0 Å². The summed E-state index contributed by atoms with van der Waals surface area (Å²) in [5.74, 6) is 0. The molecule has 1 fully saturated rings. The Balaban J connectivity index is 1.94. The molecule has 14 heavy (non-hydrogen) atoms.